The molecule has 0 aliphatic carbocycles. The molecule has 0 amide bonds. The molecular weight excluding hydrogens is 214 g/mol. The van der Waals surface area contributed by atoms with Gasteiger partial charge in [0.25, 0.3) is 0 Å². The largest absolute Gasteiger partial charge is 0.368 e. The van der Waals surface area contributed by atoms with Crippen molar-refractivity contribution < 1.29 is 0 Å². The molecule has 5 nitrogen and oxygen atoms in total. The van der Waals surface area contributed by atoms with Crippen LogP contribution in [0.5, 0.6) is 0 Å². The monoisotopic (exact) mass is 229 g/mol. The van der Waals surface area contributed by atoms with E-state index in [0.29, 0.717) is 18.2 Å². The Kier molecular flexibility index (Phi) is 3.18. The molecule has 0 saturated heterocycles. The first kappa shape index (κ1) is 11.3. The average Bonchev–Trinajstić information content (AvgIpc) is 2.29. The van der Waals surface area contributed by atoms with Crippen LogP contribution in [-0.4, -0.2) is 29.0 Å². The van der Waals surface area contributed by atoms with Crippen molar-refractivity contribution in [1.29, 1.82) is 0 Å². The molecule has 0 saturated carbocycles. The van der Waals surface area contributed by atoms with Gasteiger partial charge in [0.15, 0.2) is 0 Å². The van der Waals surface area contributed by atoms with Gasteiger partial charge in [0.1, 0.15) is 5.82 Å². The number of nitrogens with zero attached hydrogens (tertiary/aromatic N) is 4. The number of anilines is 2. The minimum atomic E-state index is 0.259. The zero-order valence-electron chi connectivity index (χ0n) is 9.96. The summed E-state index contributed by atoms with van der Waals surface area (Å²) in [6.45, 7) is 0. The zero-order chi connectivity index (χ0) is 12.3. The molecule has 0 atom stereocenters. The number of nitrogens with two attached hydrogens (primary N) is 1. The van der Waals surface area contributed by atoms with E-state index >= 15 is 0 Å². The van der Waals surface area contributed by atoms with Crippen molar-refractivity contribution in [3.05, 3.63) is 41.7 Å². The summed E-state index contributed by atoms with van der Waals surface area (Å²) in [5.74, 6) is 1.53. The summed E-state index contributed by atoms with van der Waals surface area (Å²) in [5, 5.41) is 0. The summed E-state index contributed by atoms with van der Waals surface area (Å²) < 4.78 is 0. The Morgan fingerprint density at radius 1 is 1.06 bits per heavy atom. The first-order valence-corrected chi connectivity index (χ1v) is 5.37. The molecule has 1 heterocycles. The number of rotatable bonds is 3. The highest BCUT2D eigenvalue weighted by Crippen LogP contribution is 2.09. The van der Waals surface area contributed by atoms with Crippen LogP contribution in [0.4, 0.5) is 11.9 Å². The Morgan fingerprint density at radius 3 is 2.41 bits per heavy atom. The second-order valence-electron chi connectivity index (χ2n) is 3.97. The van der Waals surface area contributed by atoms with E-state index in [-0.39, 0.29) is 5.95 Å². The predicted molar refractivity (Wildman–Crippen MR) is 67.8 cm³/mol. The van der Waals surface area contributed by atoms with Gasteiger partial charge >= 0.3 is 0 Å². The third-order valence-corrected chi connectivity index (χ3v) is 2.29. The molecule has 0 fully saturated rings. The standard InChI is InChI=1S/C12H15N5/c1-17(2)12-15-10(14-11(13)16-12)8-9-6-4-3-5-7-9/h3-7H,8H2,1-2H3,(H2,13,14,15,16). The summed E-state index contributed by atoms with van der Waals surface area (Å²) in [7, 11) is 3.75. The van der Waals surface area contributed by atoms with E-state index in [4.69, 9.17) is 5.73 Å². The topological polar surface area (TPSA) is 67.9 Å². The predicted octanol–water partition coefficient (Wildman–Crippen LogP) is 1.11. The van der Waals surface area contributed by atoms with Crippen LogP contribution in [0.2, 0.25) is 0 Å². The van der Waals surface area contributed by atoms with Crippen LogP contribution in [-0.2, 0) is 6.42 Å². The average molecular weight is 229 g/mol. The zero-order valence-corrected chi connectivity index (χ0v) is 9.96. The van der Waals surface area contributed by atoms with E-state index in [1.165, 1.54) is 0 Å². The lowest BCUT2D eigenvalue weighted by Crippen LogP contribution is -2.16. The molecule has 0 unspecified atom stereocenters. The summed E-state index contributed by atoms with van der Waals surface area (Å²) in [5.41, 5.74) is 6.82. The maximum absolute atomic E-state index is 5.66. The maximum atomic E-state index is 5.66. The Balaban J connectivity index is 2.27. The molecule has 2 aromatic rings. The highest BCUT2D eigenvalue weighted by atomic mass is 15.3. The minimum absolute atomic E-state index is 0.259. The number of benzene rings is 1. The number of aromatic nitrogens is 3. The van der Waals surface area contributed by atoms with Gasteiger partial charge in [0.05, 0.1) is 0 Å². The lowest BCUT2D eigenvalue weighted by atomic mass is 10.1. The first-order chi connectivity index (χ1) is 8.15. The lowest BCUT2D eigenvalue weighted by molar-refractivity contribution is 0.892. The fourth-order valence-electron chi connectivity index (χ4n) is 1.48. The molecule has 2 N–H and O–H groups in total. The van der Waals surface area contributed by atoms with Crippen LogP contribution < -0.4 is 10.6 Å². The molecule has 0 aliphatic rings. The van der Waals surface area contributed by atoms with Crippen molar-refractivity contribution in [3.63, 3.8) is 0 Å². The fourth-order valence-corrected chi connectivity index (χ4v) is 1.48. The molecule has 0 aliphatic heterocycles. The third-order valence-electron chi connectivity index (χ3n) is 2.29. The van der Waals surface area contributed by atoms with Crippen LogP contribution in [0, 0.1) is 0 Å². The van der Waals surface area contributed by atoms with Crippen molar-refractivity contribution in [3.8, 4) is 0 Å². The molecular formula is C12H15N5. The highest BCUT2D eigenvalue weighted by Gasteiger charge is 2.06. The second-order valence-corrected chi connectivity index (χ2v) is 3.97. The third kappa shape index (κ3) is 2.90. The van der Waals surface area contributed by atoms with Crippen molar-refractivity contribution in [2.45, 2.75) is 6.42 Å². The van der Waals surface area contributed by atoms with Gasteiger partial charge in [-0.3, -0.25) is 0 Å². The summed E-state index contributed by atoms with van der Waals surface area (Å²) in [6, 6.07) is 10.0. The van der Waals surface area contributed by atoms with Crippen molar-refractivity contribution in [1.82, 2.24) is 15.0 Å². The minimum Gasteiger partial charge on any atom is -0.368 e. The lowest BCUT2D eigenvalue weighted by Gasteiger charge is -2.11. The summed E-state index contributed by atoms with van der Waals surface area (Å²) in [6.07, 6.45) is 0.661. The maximum Gasteiger partial charge on any atom is 0.229 e. The molecule has 2 rings (SSSR count). The quantitative estimate of drug-likeness (QED) is 0.854. The Bertz CT molecular complexity index is 496. The van der Waals surface area contributed by atoms with E-state index in [2.05, 4.69) is 15.0 Å². The van der Waals surface area contributed by atoms with Gasteiger partial charge in [-0.25, -0.2) is 0 Å². The molecule has 0 spiro atoms. The molecule has 0 bridgehead atoms. The number of hydrogen-bond donors (Lipinski definition) is 1. The molecule has 1 aromatic heterocycles. The van der Waals surface area contributed by atoms with E-state index < -0.39 is 0 Å². The van der Waals surface area contributed by atoms with Crippen molar-refractivity contribution in [2.75, 3.05) is 24.7 Å². The number of nitrogen functional groups attached to an aromatic ring is 1. The first-order valence-electron chi connectivity index (χ1n) is 5.37. The Hall–Kier alpha value is -2.17. The van der Waals surface area contributed by atoms with Gasteiger partial charge in [-0.05, 0) is 5.56 Å². The SMILES string of the molecule is CN(C)c1nc(N)nc(Cc2ccccc2)n1. The smallest absolute Gasteiger partial charge is 0.229 e. The van der Waals surface area contributed by atoms with Crippen LogP contribution in [0.3, 0.4) is 0 Å². The van der Waals surface area contributed by atoms with Gasteiger partial charge in [-0.2, -0.15) is 15.0 Å². The highest BCUT2D eigenvalue weighted by molar-refractivity contribution is 5.33. The molecule has 17 heavy (non-hydrogen) atoms. The van der Waals surface area contributed by atoms with Crippen LogP contribution in [0.1, 0.15) is 11.4 Å². The summed E-state index contributed by atoms with van der Waals surface area (Å²) in [4.78, 5) is 14.4. The molecule has 0 radical (unpaired) electrons. The van der Waals surface area contributed by atoms with Crippen LogP contribution >= 0.6 is 0 Å². The van der Waals surface area contributed by atoms with Crippen molar-refractivity contribution >= 4 is 11.9 Å². The second kappa shape index (κ2) is 4.78. The fraction of sp³-hybridized carbons (Fsp3) is 0.250. The van der Waals surface area contributed by atoms with E-state index in [1.54, 1.807) is 0 Å². The van der Waals surface area contributed by atoms with Gasteiger partial charge in [-0.1, -0.05) is 30.3 Å². The molecule has 5 heteroatoms. The Labute approximate surface area is 100 Å². The molecule has 1 aromatic carbocycles. The normalized spacial score (nSPS) is 10.2. The number of hydrogen-bond acceptors (Lipinski definition) is 5. The van der Waals surface area contributed by atoms with Crippen molar-refractivity contribution in [2.24, 2.45) is 0 Å². The van der Waals surface area contributed by atoms with E-state index in [0.717, 1.165) is 5.56 Å². The van der Waals surface area contributed by atoms with Gasteiger partial charge in [0, 0.05) is 20.5 Å². The van der Waals surface area contributed by atoms with E-state index in [1.807, 2.05) is 49.3 Å². The molecule has 88 valence electrons. The summed E-state index contributed by atoms with van der Waals surface area (Å²) >= 11 is 0. The van der Waals surface area contributed by atoms with Crippen LogP contribution in [0.15, 0.2) is 30.3 Å². The van der Waals surface area contributed by atoms with Gasteiger partial charge in [-0.15, -0.1) is 0 Å². The Morgan fingerprint density at radius 2 is 1.76 bits per heavy atom. The van der Waals surface area contributed by atoms with Gasteiger partial charge < -0.3 is 10.6 Å². The van der Waals surface area contributed by atoms with E-state index in [9.17, 15) is 0 Å². The van der Waals surface area contributed by atoms with Crippen LogP contribution in [0.25, 0.3) is 0 Å². The van der Waals surface area contributed by atoms with Gasteiger partial charge in [0.2, 0.25) is 11.9 Å².